The largest absolute Gasteiger partial charge is 0.340 e. The molecule has 1 saturated carbocycles. The van der Waals surface area contributed by atoms with Gasteiger partial charge in [-0.05, 0) is 38.5 Å². The molecular weight excluding hydrogens is 212 g/mol. The number of likely N-dealkylation sites (tertiary alicyclic amines) is 1. The molecule has 3 heteroatoms. The number of nitrogens with two attached hydrogens (primary N) is 1. The average molecular weight is 238 g/mol. The van der Waals surface area contributed by atoms with Gasteiger partial charge in [0.2, 0.25) is 5.91 Å². The zero-order valence-corrected chi connectivity index (χ0v) is 11.0. The third-order valence-electron chi connectivity index (χ3n) is 4.53. The number of nitrogens with zero attached hydrogens (tertiary/aromatic N) is 1. The maximum atomic E-state index is 12.3. The van der Waals surface area contributed by atoms with Gasteiger partial charge in [-0.2, -0.15) is 0 Å². The second-order valence-electron chi connectivity index (χ2n) is 5.84. The van der Waals surface area contributed by atoms with E-state index in [1.807, 2.05) is 0 Å². The van der Waals surface area contributed by atoms with Crippen LogP contribution in [0.15, 0.2) is 0 Å². The van der Waals surface area contributed by atoms with E-state index < -0.39 is 0 Å². The van der Waals surface area contributed by atoms with Crippen LogP contribution in [0.3, 0.4) is 0 Å². The molecule has 0 aromatic heterocycles. The fraction of sp³-hybridized carbons (Fsp3) is 0.929. The molecule has 98 valence electrons. The molecule has 3 atom stereocenters. The monoisotopic (exact) mass is 238 g/mol. The van der Waals surface area contributed by atoms with Crippen LogP contribution in [0.4, 0.5) is 0 Å². The molecule has 0 aromatic rings. The molecule has 0 spiro atoms. The molecule has 0 bridgehead atoms. The Kier molecular flexibility index (Phi) is 4.43. The highest BCUT2D eigenvalue weighted by atomic mass is 16.2. The molecule has 0 radical (unpaired) electrons. The second kappa shape index (κ2) is 5.85. The van der Waals surface area contributed by atoms with E-state index in [0.29, 0.717) is 24.3 Å². The smallest absolute Gasteiger partial charge is 0.223 e. The molecule has 0 aromatic carbocycles. The van der Waals surface area contributed by atoms with Gasteiger partial charge in [-0.3, -0.25) is 4.79 Å². The van der Waals surface area contributed by atoms with Crippen LogP contribution in [-0.2, 0) is 4.79 Å². The van der Waals surface area contributed by atoms with Gasteiger partial charge in [0.15, 0.2) is 0 Å². The molecule has 2 rings (SSSR count). The molecule has 3 nitrogen and oxygen atoms in total. The van der Waals surface area contributed by atoms with Crippen molar-refractivity contribution in [2.45, 2.75) is 70.4 Å². The van der Waals surface area contributed by atoms with Gasteiger partial charge in [0, 0.05) is 25.0 Å². The van der Waals surface area contributed by atoms with Gasteiger partial charge in [-0.15, -0.1) is 0 Å². The van der Waals surface area contributed by atoms with Crippen LogP contribution in [0.25, 0.3) is 0 Å². The summed E-state index contributed by atoms with van der Waals surface area (Å²) in [6.07, 6.45) is 9.03. The number of hydrogen-bond acceptors (Lipinski definition) is 2. The van der Waals surface area contributed by atoms with E-state index in [-0.39, 0.29) is 6.04 Å². The van der Waals surface area contributed by atoms with Crippen molar-refractivity contribution in [1.82, 2.24) is 4.90 Å². The summed E-state index contributed by atoms with van der Waals surface area (Å²) in [6.45, 7) is 3.15. The zero-order chi connectivity index (χ0) is 12.3. The molecule has 2 fully saturated rings. The Morgan fingerprint density at radius 2 is 2.00 bits per heavy atom. The normalized spacial score (nSPS) is 34.7. The van der Waals surface area contributed by atoms with E-state index in [1.165, 1.54) is 32.1 Å². The zero-order valence-electron chi connectivity index (χ0n) is 11.0. The van der Waals surface area contributed by atoms with Gasteiger partial charge in [0.25, 0.3) is 0 Å². The fourth-order valence-electron chi connectivity index (χ4n) is 3.31. The lowest BCUT2D eigenvalue weighted by atomic mass is 9.99. The van der Waals surface area contributed by atoms with E-state index in [2.05, 4.69) is 11.8 Å². The summed E-state index contributed by atoms with van der Waals surface area (Å²) in [7, 11) is 0. The van der Waals surface area contributed by atoms with Gasteiger partial charge >= 0.3 is 0 Å². The number of rotatable bonds is 2. The molecule has 1 saturated heterocycles. The molecule has 1 aliphatic carbocycles. The third kappa shape index (κ3) is 3.21. The Morgan fingerprint density at radius 1 is 1.18 bits per heavy atom. The molecule has 2 N–H and O–H groups in total. The summed E-state index contributed by atoms with van der Waals surface area (Å²) in [5.74, 6) is 0.791. The van der Waals surface area contributed by atoms with Crippen LogP contribution in [0.1, 0.15) is 58.3 Å². The lowest BCUT2D eigenvalue weighted by Gasteiger charge is -2.29. The van der Waals surface area contributed by atoms with Gasteiger partial charge in [0.05, 0.1) is 0 Å². The summed E-state index contributed by atoms with van der Waals surface area (Å²) in [5, 5.41) is 0. The van der Waals surface area contributed by atoms with Crippen molar-refractivity contribution in [3.8, 4) is 0 Å². The number of carbonyl (C=O) groups excluding carboxylic acids is 1. The van der Waals surface area contributed by atoms with Crippen LogP contribution >= 0.6 is 0 Å². The quantitative estimate of drug-likeness (QED) is 0.802. The Labute approximate surface area is 105 Å². The van der Waals surface area contributed by atoms with Crippen molar-refractivity contribution in [3.05, 3.63) is 0 Å². The minimum absolute atomic E-state index is 0.265. The summed E-state index contributed by atoms with van der Waals surface area (Å²) >= 11 is 0. The Hall–Kier alpha value is -0.570. The Morgan fingerprint density at radius 3 is 2.71 bits per heavy atom. The summed E-state index contributed by atoms with van der Waals surface area (Å²) in [5.41, 5.74) is 6.05. The minimum atomic E-state index is 0.265. The van der Waals surface area contributed by atoms with Crippen molar-refractivity contribution in [2.24, 2.45) is 11.7 Å². The third-order valence-corrected chi connectivity index (χ3v) is 4.53. The maximum Gasteiger partial charge on any atom is 0.223 e. The number of hydrogen-bond donors (Lipinski definition) is 1. The van der Waals surface area contributed by atoms with Crippen molar-refractivity contribution in [2.75, 3.05) is 6.54 Å². The SMILES string of the molecule is CC1CCCCCN1C(=O)C[C@@H]1CCC[C@H]1N. The van der Waals surface area contributed by atoms with Crippen LogP contribution < -0.4 is 5.73 Å². The number of carbonyl (C=O) groups is 1. The van der Waals surface area contributed by atoms with Crippen LogP contribution in [0.2, 0.25) is 0 Å². The standard InChI is InChI=1S/C14H26N2O/c1-11-6-3-2-4-9-16(11)14(17)10-12-7-5-8-13(12)15/h11-13H,2-10,15H2,1H3/t11?,12-,13+/m0/s1. The van der Waals surface area contributed by atoms with Crippen LogP contribution in [0, 0.1) is 5.92 Å². The van der Waals surface area contributed by atoms with Gasteiger partial charge in [-0.25, -0.2) is 0 Å². The first-order valence-electron chi connectivity index (χ1n) is 7.23. The fourth-order valence-corrected chi connectivity index (χ4v) is 3.31. The van der Waals surface area contributed by atoms with E-state index in [9.17, 15) is 4.79 Å². The Bertz CT molecular complexity index is 267. The second-order valence-corrected chi connectivity index (χ2v) is 5.84. The molecule has 1 amide bonds. The summed E-state index contributed by atoms with van der Waals surface area (Å²) in [6, 6.07) is 0.698. The van der Waals surface area contributed by atoms with E-state index in [4.69, 9.17) is 5.73 Å². The average Bonchev–Trinajstić information content (AvgIpc) is 2.57. The lowest BCUT2D eigenvalue weighted by molar-refractivity contribution is -0.134. The first-order valence-corrected chi connectivity index (χ1v) is 7.23. The van der Waals surface area contributed by atoms with E-state index >= 15 is 0 Å². The molecule has 2 aliphatic rings. The van der Waals surface area contributed by atoms with Crippen LogP contribution in [0.5, 0.6) is 0 Å². The molecule has 1 aliphatic heterocycles. The number of amides is 1. The van der Waals surface area contributed by atoms with E-state index in [0.717, 1.165) is 19.4 Å². The molecule has 1 heterocycles. The predicted octanol–water partition coefficient (Wildman–Crippen LogP) is 2.29. The topological polar surface area (TPSA) is 46.3 Å². The Balaban J connectivity index is 1.89. The highest BCUT2D eigenvalue weighted by Gasteiger charge is 2.29. The summed E-state index contributed by atoms with van der Waals surface area (Å²) in [4.78, 5) is 14.4. The minimum Gasteiger partial charge on any atom is -0.340 e. The van der Waals surface area contributed by atoms with Crippen molar-refractivity contribution in [1.29, 1.82) is 0 Å². The molecule has 17 heavy (non-hydrogen) atoms. The highest BCUT2D eigenvalue weighted by molar-refractivity contribution is 5.77. The van der Waals surface area contributed by atoms with Crippen molar-refractivity contribution >= 4 is 5.91 Å². The first kappa shape index (κ1) is 12.9. The lowest BCUT2D eigenvalue weighted by Crippen LogP contribution is -2.40. The maximum absolute atomic E-state index is 12.3. The van der Waals surface area contributed by atoms with Crippen molar-refractivity contribution in [3.63, 3.8) is 0 Å². The summed E-state index contributed by atoms with van der Waals surface area (Å²) < 4.78 is 0. The predicted molar refractivity (Wildman–Crippen MR) is 69.6 cm³/mol. The van der Waals surface area contributed by atoms with Gasteiger partial charge < -0.3 is 10.6 Å². The van der Waals surface area contributed by atoms with Crippen LogP contribution in [-0.4, -0.2) is 29.4 Å². The highest BCUT2D eigenvalue weighted by Crippen LogP contribution is 2.28. The molecular formula is C14H26N2O. The van der Waals surface area contributed by atoms with Gasteiger partial charge in [-0.1, -0.05) is 19.3 Å². The van der Waals surface area contributed by atoms with E-state index in [1.54, 1.807) is 0 Å². The van der Waals surface area contributed by atoms with Crippen molar-refractivity contribution < 1.29 is 4.79 Å². The first-order chi connectivity index (χ1) is 8.18. The molecule has 1 unspecified atom stereocenters. The van der Waals surface area contributed by atoms with Gasteiger partial charge in [0.1, 0.15) is 0 Å².